The number of amides is 1. The second kappa shape index (κ2) is 8.67. The molecule has 1 atom stereocenters. The summed E-state index contributed by atoms with van der Waals surface area (Å²) in [5.74, 6) is 0.960. The number of hydrogen-bond donors (Lipinski definition) is 2. The lowest BCUT2D eigenvalue weighted by Gasteiger charge is -2.13. The zero-order chi connectivity index (χ0) is 18.4. The van der Waals surface area contributed by atoms with Crippen molar-refractivity contribution in [1.82, 2.24) is 20.5 Å². The number of carbonyl (C=O) groups excluding carboxylic acids is 1. The third-order valence-electron chi connectivity index (χ3n) is 4.11. The summed E-state index contributed by atoms with van der Waals surface area (Å²) in [4.78, 5) is 16.6. The second-order valence-corrected chi connectivity index (χ2v) is 6.95. The summed E-state index contributed by atoms with van der Waals surface area (Å²) < 4.78 is 0. The van der Waals surface area contributed by atoms with E-state index >= 15 is 0 Å². The number of nitrogens with zero attached hydrogens (tertiary/aromatic N) is 2. The molecule has 1 amide bonds. The number of aromatic nitrogens is 3. The largest absolute Gasteiger partial charge is 0.349 e. The van der Waals surface area contributed by atoms with Crippen LogP contribution in [0.5, 0.6) is 0 Å². The Morgan fingerprint density at radius 2 is 1.88 bits per heavy atom. The molecule has 0 aliphatic carbocycles. The second-order valence-electron chi connectivity index (χ2n) is 6.01. The van der Waals surface area contributed by atoms with E-state index in [0.29, 0.717) is 11.0 Å². The predicted octanol–water partition coefficient (Wildman–Crippen LogP) is 4.00. The van der Waals surface area contributed by atoms with Crippen LogP contribution in [0.2, 0.25) is 0 Å². The van der Waals surface area contributed by atoms with E-state index in [1.807, 2.05) is 49.4 Å². The van der Waals surface area contributed by atoms with Gasteiger partial charge >= 0.3 is 0 Å². The summed E-state index contributed by atoms with van der Waals surface area (Å²) in [5.41, 5.74) is 3.36. The quantitative estimate of drug-likeness (QED) is 0.620. The monoisotopic (exact) mass is 366 g/mol. The van der Waals surface area contributed by atoms with Crippen LogP contribution >= 0.6 is 11.8 Å². The maximum absolute atomic E-state index is 12.1. The van der Waals surface area contributed by atoms with Crippen LogP contribution in [-0.2, 0) is 11.2 Å². The lowest BCUT2D eigenvalue weighted by Crippen LogP contribution is -2.28. The first-order valence-electron chi connectivity index (χ1n) is 8.64. The molecule has 0 saturated heterocycles. The first-order valence-corrected chi connectivity index (χ1v) is 9.63. The van der Waals surface area contributed by atoms with Crippen molar-refractivity contribution in [2.75, 3.05) is 5.75 Å². The Bertz CT molecular complexity index is 846. The van der Waals surface area contributed by atoms with Gasteiger partial charge in [-0.15, -0.1) is 5.10 Å². The van der Waals surface area contributed by atoms with E-state index < -0.39 is 0 Å². The third-order valence-corrected chi connectivity index (χ3v) is 4.96. The van der Waals surface area contributed by atoms with E-state index in [1.165, 1.54) is 17.3 Å². The molecule has 0 aliphatic heterocycles. The van der Waals surface area contributed by atoms with Gasteiger partial charge in [0.1, 0.15) is 0 Å². The lowest BCUT2D eigenvalue weighted by molar-refractivity contribution is -0.119. The lowest BCUT2D eigenvalue weighted by atomic mass is 10.1. The van der Waals surface area contributed by atoms with E-state index in [-0.39, 0.29) is 17.7 Å². The molecule has 26 heavy (non-hydrogen) atoms. The van der Waals surface area contributed by atoms with E-state index in [0.717, 1.165) is 17.5 Å². The Kier molecular flexibility index (Phi) is 6.07. The number of carbonyl (C=O) groups is 1. The van der Waals surface area contributed by atoms with Gasteiger partial charge in [0.25, 0.3) is 0 Å². The van der Waals surface area contributed by atoms with Crippen LogP contribution in [0.25, 0.3) is 11.4 Å². The van der Waals surface area contributed by atoms with Gasteiger partial charge in [-0.25, -0.2) is 4.98 Å². The van der Waals surface area contributed by atoms with Crippen LogP contribution in [0.1, 0.15) is 31.0 Å². The summed E-state index contributed by atoms with van der Waals surface area (Å²) in [6.45, 7) is 4.10. The summed E-state index contributed by atoms with van der Waals surface area (Å²) in [5, 5.41) is 10.7. The van der Waals surface area contributed by atoms with Crippen molar-refractivity contribution in [2.24, 2.45) is 0 Å². The molecule has 0 spiro atoms. The molecule has 0 aliphatic rings. The average molecular weight is 366 g/mol. The van der Waals surface area contributed by atoms with Gasteiger partial charge in [0.15, 0.2) is 5.82 Å². The van der Waals surface area contributed by atoms with E-state index in [9.17, 15) is 4.79 Å². The van der Waals surface area contributed by atoms with Gasteiger partial charge in [-0.1, -0.05) is 73.3 Å². The van der Waals surface area contributed by atoms with Crippen molar-refractivity contribution < 1.29 is 4.79 Å². The number of nitrogens with one attached hydrogen (secondary N) is 2. The highest BCUT2D eigenvalue weighted by atomic mass is 32.2. The molecule has 0 bridgehead atoms. The fourth-order valence-corrected chi connectivity index (χ4v) is 3.19. The zero-order valence-electron chi connectivity index (χ0n) is 14.9. The van der Waals surface area contributed by atoms with Gasteiger partial charge in [0.2, 0.25) is 11.1 Å². The van der Waals surface area contributed by atoms with Gasteiger partial charge in [0.05, 0.1) is 11.8 Å². The predicted molar refractivity (Wildman–Crippen MR) is 105 cm³/mol. The maximum Gasteiger partial charge on any atom is 0.230 e. The smallest absolute Gasteiger partial charge is 0.230 e. The molecule has 6 heteroatoms. The minimum atomic E-state index is -0.0370. The standard InChI is InChI=1S/C20H22N4OS/c1-3-15-9-11-17(12-10-15)19-22-20(24-23-19)26-13-18(25)21-14(2)16-7-5-4-6-8-16/h4-12,14H,3,13H2,1-2H3,(H,21,25)(H,22,23,24)/t14-/m1/s1. The number of H-pyrrole nitrogens is 1. The highest BCUT2D eigenvalue weighted by molar-refractivity contribution is 7.99. The minimum Gasteiger partial charge on any atom is -0.349 e. The van der Waals surface area contributed by atoms with Crippen molar-refractivity contribution in [3.63, 3.8) is 0 Å². The summed E-state index contributed by atoms with van der Waals surface area (Å²) in [7, 11) is 0. The topological polar surface area (TPSA) is 70.7 Å². The molecule has 3 aromatic rings. The number of hydrogen-bond acceptors (Lipinski definition) is 4. The van der Waals surface area contributed by atoms with Crippen LogP contribution in [0.4, 0.5) is 0 Å². The Morgan fingerprint density at radius 3 is 2.58 bits per heavy atom. The number of thioether (sulfide) groups is 1. The Hall–Kier alpha value is -2.60. The number of aryl methyl sites for hydroxylation is 1. The molecular weight excluding hydrogens is 344 g/mol. The minimum absolute atomic E-state index is 0.0240. The van der Waals surface area contributed by atoms with Gasteiger partial charge in [-0.3, -0.25) is 9.89 Å². The maximum atomic E-state index is 12.1. The first-order chi connectivity index (χ1) is 12.7. The van der Waals surface area contributed by atoms with Crippen molar-refractivity contribution in [3.05, 3.63) is 65.7 Å². The Labute approximate surface area is 157 Å². The average Bonchev–Trinajstić information content (AvgIpc) is 3.16. The molecule has 134 valence electrons. The van der Waals surface area contributed by atoms with E-state index in [1.54, 1.807) is 0 Å². The molecular formula is C20H22N4OS. The molecule has 2 N–H and O–H groups in total. The fourth-order valence-electron chi connectivity index (χ4n) is 2.58. The molecule has 0 fully saturated rings. The number of benzene rings is 2. The molecule has 5 nitrogen and oxygen atoms in total. The molecule has 0 unspecified atom stereocenters. The zero-order valence-corrected chi connectivity index (χ0v) is 15.7. The molecule has 3 rings (SSSR count). The van der Waals surface area contributed by atoms with E-state index in [2.05, 4.69) is 39.6 Å². The Balaban J connectivity index is 1.53. The van der Waals surface area contributed by atoms with Crippen molar-refractivity contribution in [3.8, 4) is 11.4 Å². The third kappa shape index (κ3) is 4.73. The highest BCUT2D eigenvalue weighted by Crippen LogP contribution is 2.20. The SMILES string of the molecule is CCc1ccc(-c2nc(SCC(=O)N[C@H](C)c3ccccc3)n[nH]2)cc1. The van der Waals surface area contributed by atoms with Crippen LogP contribution < -0.4 is 5.32 Å². The van der Waals surface area contributed by atoms with Crippen molar-refractivity contribution in [1.29, 1.82) is 0 Å². The summed E-state index contributed by atoms with van der Waals surface area (Å²) in [6.07, 6.45) is 1.01. The van der Waals surface area contributed by atoms with Crippen molar-refractivity contribution >= 4 is 17.7 Å². The molecule has 1 aromatic heterocycles. The Morgan fingerprint density at radius 1 is 1.15 bits per heavy atom. The van der Waals surface area contributed by atoms with Gasteiger partial charge in [-0.05, 0) is 24.5 Å². The summed E-state index contributed by atoms with van der Waals surface area (Å²) >= 11 is 1.32. The molecule has 0 radical (unpaired) electrons. The van der Waals surface area contributed by atoms with Gasteiger partial charge < -0.3 is 5.32 Å². The van der Waals surface area contributed by atoms with Crippen LogP contribution in [0.15, 0.2) is 59.8 Å². The fraction of sp³-hybridized carbons (Fsp3) is 0.250. The van der Waals surface area contributed by atoms with Crippen LogP contribution in [0.3, 0.4) is 0 Å². The van der Waals surface area contributed by atoms with E-state index in [4.69, 9.17) is 0 Å². The first kappa shape index (κ1) is 18.2. The molecule has 1 heterocycles. The summed E-state index contributed by atoms with van der Waals surface area (Å²) in [6, 6.07) is 18.1. The normalized spacial score (nSPS) is 11.9. The number of aromatic amines is 1. The molecule has 0 saturated carbocycles. The number of rotatable bonds is 7. The van der Waals surface area contributed by atoms with Crippen LogP contribution in [0, 0.1) is 0 Å². The van der Waals surface area contributed by atoms with Gasteiger partial charge in [-0.2, -0.15) is 0 Å². The van der Waals surface area contributed by atoms with Gasteiger partial charge in [0, 0.05) is 5.56 Å². The highest BCUT2D eigenvalue weighted by Gasteiger charge is 2.12. The molecule has 2 aromatic carbocycles. The van der Waals surface area contributed by atoms with Crippen molar-refractivity contribution in [2.45, 2.75) is 31.5 Å². The van der Waals surface area contributed by atoms with Crippen LogP contribution in [-0.4, -0.2) is 26.8 Å².